The third kappa shape index (κ3) is 2.94. The zero-order valence-electron chi connectivity index (χ0n) is 10.2. The summed E-state index contributed by atoms with van der Waals surface area (Å²) in [5.74, 6) is 0.909. The van der Waals surface area contributed by atoms with Crippen LogP contribution >= 0.6 is 0 Å². The molecule has 0 radical (unpaired) electrons. The van der Waals surface area contributed by atoms with E-state index >= 15 is 0 Å². The van der Waals surface area contributed by atoms with Gasteiger partial charge in [-0.15, -0.1) is 0 Å². The molecule has 2 rings (SSSR count). The van der Waals surface area contributed by atoms with Gasteiger partial charge in [-0.05, 0) is 39.0 Å². The lowest BCUT2D eigenvalue weighted by atomic mass is 9.84. The van der Waals surface area contributed by atoms with Crippen LogP contribution in [0.2, 0.25) is 0 Å². The average molecular weight is 211 g/mol. The summed E-state index contributed by atoms with van der Waals surface area (Å²) >= 11 is 0. The molecule has 88 valence electrons. The van der Waals surface area contributed by atoms with E-state index in [-0.39, 0.29) is 0 Å². The van der Waals surface area contributed by atoms with Gasteiger partial charge in [0, 0.05) is 18.7 Å². The SMILES string of the molecule is CC(NC1CCOC1C)C1CCCCC1. The van der Waals surface area contributed by atoms with Crippen molar-refractivity contribution in [1.82, 2.24) is 5.32 Å². The topological polar surface area (TPSA) is 21.3 Å². The van der Waals surface area contributed by atoms with E-state index in [2.05, 4.69) is 19.2 Å². The fourth-order valence-corrected chi connectivity index (χ4v) is 3.06. The maximum Gasteiger partial charge on any atom is 0.0700 e. The van der Waals surface area contributed by atoms with Crippen molar-refractivity contribution < 1.29 is 4.74 Å². The Bertz CT molecular complexity index is 189. The Morgan fingerprint density at radius 2 is 1.87 bits per heavy atom. The van der Waals surface area contributed by atoms with Crippen LogP contribution in [0.3, 0.4) is 0 Å². The summed E-state index contributed by atoms with van der Waals surface area (Å²) in [5, 5.41) is 3.77. The molecule has 0 aromatic rings. The lowest BCUT2D eigenvalue weighted by molar-refractivity contribution is 0.108. The molecule has 0 bridgehead atoms. The highest BCUT2D eigenvalue weighted by atomic mass is 16.5. The lowest BCUT2D eigenvalue weighted by Gasteiger charge is -2.31. The quantitative estimate of drug-likeness (QED) is 0.775. The van der Waals surface area contributed by atoms with Crippen molar-refractivity contribution >= 4 is 0 Å². The van der Waals surface area contributed by atoms with Crippen LogP contribution in [0.4, 0.5) is 0 Å². The fourth-order valence-electron chi connectivity index (χ4n) is 3.06. The van der Waals surface area contributed by atoms with Crippen molar-refractivity contribution in [3.8, 4) is 0 Å². The van der Waals surface area contributed by atoms with Crippen molar-refractivity contribution in [3.05, 3.63) is 0 Å². The molecule has 1 N–H and O–H groups in total. The summed E-state index contributed by atoms with van der Waals surface area (Å²) in [5.41, 5.74) is 0. The van der Waals surface area contributed by atoms with Crippen LogP contribution in [0.1, 0.15) is 52.4 Å². The number of nitrogens with one attached hydrogen (secondary N) is 1. The molecule has 1 saturated heterocycles. The number of rotatable bonds is 3. The molecule has 1 aliphatic heterocycles. The van der Waals surface area contributed by atoms with Crippen molar-refractivity contribution in [1.29, 1.82) is 0 Å². The second-order valence-corrected chi connectivity index (χ2v) is 5.32. The molecule has 2 fully saturated rings. The molecule has 1 heterocycles. The van der Waals surface area contributed by atoms with E-state index in [1.165, 1.54) is 38.5 Å². The smallest absolute Gasteiger partial charge is 0.0700 e. The highest BCUT2D eigenvalue weighted by Gasteiger charge is 2.28. The van der Waals surface area contributed by atoms with Crippen molar-refractivity contribution in [2.45, 2.75) is 70.6 Å². The second-order valence-electron chi connectivity index (χ2n) is 5.32. The fraction of sp³-hybridized carbons (Fsp3) is 1.00. The van der Waals surface area contributed by atoms with Crippen LogP contribution < -0.4 is 5.32 Å². The molecule has 15 heavy (non-hydrogen) atoms. The average Bonchev–Trinajstić information content (AvgIpc) is 2.66. The summed E-state index contributed by atoms with van der Waals surface area (Å²) in [7, 11) is 0. The zero-order valence-corrected chi connectivity index (χ0v) is 10.2. The Morgan fingerprint density at radius 3 is 2.47 bits per heavy atom. The molecule has 0 aromatic carbocycles. The molecule has 1 saturated carbocycles. The van der Waals surface area contributed by atoms with E-state index < -0.39 is 0 Å². The Morgan fingerprint density at radius 1 is 1.13 bits per heavy atom. The van der Waals surface area contributed by atoms with Gasteiger partial charge in [0.05, 0.1) is 6.10 Å². The summed E-state index contributed by atoms with van der Waals surface area (Å²) in [4.78, 5) is 0. The van der Waals surface area contributed by atoms with Crippen LogP contribution in [-0.2, 0) is 4.74 Å². The van der Waals surface area contributed by atoms with Crippen LogP contribution in [0.5, 0.6) is 0 Å². The maximum atomic E-state index is 5.59. The molecule has 1 aliphatic carbocycles. The minimum Gasteiger partial charge on any atom is -0.377 e. The van der Waals surface area contributed by atoms with E-state index in [1.54, 1.807) is 0 Å². The van der Waals surface area contributed by atoms with Gasteiger partial charge in [-0.2, -0.15) is 0 Å². The Kier molecular flexibility index (Phi) is 4.04. The first-order chi connectivity index (χ1) is 7.27. The molecule has 3 unspecified atom stereocenters. The van der Waals surface area contributed by atoms with Gasteiger partial charge in [-0.3, -0.25) is 0 Å². The first-order valence-electron chi connectivity index (χ1n) is 6.65. The van der Waals surface area contributed by atoms with Crippen molar-refractivity contribution in [2.75, 3.05) is 6.61 Å². The van der Waals surface area contributed by atoms with E-state index in [0.717, 1.165) is 12.5 Å². The van der Waals surface area contributed by atoms with Gasteiger partial charge in [0.25, 0.3) is 0 Å². The van der Waals surface area contributed by atoms with Crippen LogP contribution in [0, 0.1) is 5.92 Å². The lowest BCUT2D eigenvalue weighted by Crippen LogP contribution is -2.44. The first kappa shape index (κ1) is 11.4. The van der Waals surface area contributed by atoms with E-state index in [4.69, 9.17) is 4.74 Å². The van der Waals surface area contributed by atoms with Gasteiger partial charge in [0.2, 0.25) is 0 Å². The molecule has 2 heteroatoms. The van der Waals surface area contributed by atoms with E-state index in [1.807, 2.05) is 0 Å². The van der Waals surface area contributed by atoms with Gasteiger partial charge >= 0.3 is 0 Å². The molecular weight excluding hydrogens is 186 g/mol. The minimum absolute atomic E-state index is 0.413. The summed E-state index contributed by atoms with van der Waals surface area (Å²) in [6, 6.07) is 1.28. The van der Waals surface area contributed by atoms with Gasteiger partial charge in [-0.1, -0.05) is 19.3 Å². The Labute approximate surface area is 93.8 Å². The normalized spacial score (nSPS) is 35.6. The predicted molar refractivity (Wildman–Crippen MR) is 63.0 cm³/mol. The van der Waals surface area contributed by atoms with E-state index in [0.29, 0.717) is 18.2 Å². The second kappa shape index (κ2) is 5.31. The van der Waals surface area contributed by atoms with Crippen LogP contribution in [-0.4, -0.2) is 24.8 Å². The molecule has 2 aliphatic rings. The van der Waals surface area contributed by atoms with Crippen molar-refractivity contribution in [2.24, 2.45) is 5.92 Å². The number of ether oxygens (including phenoxy) is 1. The summed E-state index contributed by atoms with van der Waals surface area (Å²) in [6.45, 7) is 5.50. The van der Waals surface area contributed by atoms with Gasteiger partial charge < -0.3 is 10.1 Å². The summed E-state index contributed by atoms with van der Waals surface area (Å²) in [6.07, 6.45) is 8.79. The third-order valence-electron chi connectivity index (χ3n) is 4.21. The minimum atomic E-state index is 0.413. The molecule has 2 nitrogen and oxygen atoms in total. The molecule has 0 aromatic heterocycles. The molecule has 0 amide bonds. The van der Waals surface area contributed by atoms with Crippen LogP contribution in [0.15, 0.2) is 0 Å². The Hall–Kier alpha value is -0.0800. The standard InChI is InChI=1S/C13H25NO/c1-10(12-6-4-3-5-7-12)14-13-8-9-15-11(13)2/h10-14H,3-9H2,1-2H3. The zero-order chi connectivity index (χ0) is 10.7. The van der Waals surface area contributed by atoms with Crippen molar-refractivity contribution in [3.63, 3.8) is 0 Å². The molecular formula is C13H25NO. The molecule has 3 atom stereocenters. The monoisotopic (exact) mass is 211 g/mol. The highest BCUT2D eigenvalue weighted by Crippen LogP contribution is 2.27. The van der Waals surface area contributed by atoms with Gasteiger partial charge in [-0.25, -0.2) is 0 Å². The largest absolute Gasteiger partial charge is 0.377 e. The molecule has 0 spiro atoms. The first-order valence-corrected chi connectivity index (χ1v) is 6.65. The van der Waals surface area contributed by atoms with Gasteiger partial charge in [0.15, 0.2) is 0 Å². The summed E-state index contributed by atoms with van der Waals surface area (Å²) < 4.78 is 5.59. The van der Waals surface area contributed by atoms with Gasteiger partial charge in [0.1, 0.15) is 0 Å². The van der Waals surface area contributed by atoms with Crippen LogP contribution in [0.25, 0.3) is 0 Å². The predicted octanol–water partition coefficient (Wildman–Crippen LogP) is 2.72. The van der Waals surface area contributed by atoms with E-state index in [9.17, 15) is 0 Å². The number of hydrogen-bond acceptors (Lipinski definition) is 2. The number of hydrogen-bond donors (Lipinski definition) is 1. The maximum absolute atomic E-state index is 5.59. The Balaban J connectivity index is 1.77. The third-order valence-corrected chi connectivity index (χ3v) is 4.21. The highest BCUT2D eigenvalue weighted by molar-refractivity contribution is 4.84.